The summed E-state index contributed by atoms with van der Waals surface area (Å²) in [5.74, 6) is 0.686. The Kier molecular flexibility index (Phi) is 5.35. The van der Waals surface area contributed by atoms with Gasteiger partial charge in [0, 0.05) is 13.2 Å². The van der Waals surface area contributed by atoms with Crippen molar-refractivity contribution in [1.29, 1.82) is 0 Å². The molecule has 78 valence electrons. The molecule has 0 aliphatic carbocycles. The van der Waals surface area contributed by atoms with Crippen molar-refractivity contribution in [2.24, 2.45) is 11.7 Å². The zero-order chi connectivity index (χ0) is 9.52. The number of hydrogen-bond acceptors (Lipinski definition) is 3. The van der Waals surface area contributed by atoms with E-state index in [4.69, 9.17) is 10.5 Å². The maximum absolute atomic E-state index is 5.51. The average molecular weight is 186 g/mol. The SMILES string of the molecule is CC(CCN)CNCC1CCCO1. The molecule has 3 heteroatoms. The first-order valence-corrected chi connectivity index (χ1v) is 5.35. The van der Waals surface area contributed by atoms with Crippen LogP contribution >= 0.6 is 0 Å². The van der Waals surface area contributed by atoms with E-state index in [0.29, 0.717) is 12.0 Å². The topological polar surface area (TPSA) is 47.3 Å². The summed E-state index contributed by atoms with van der Waals surface area (Å²) in [6.45, 7) is 6.05. The maximum Gasteiger partial charge on any atom is 0.0700 e. The first kappa shape index (κ1) is 11.0. The van der Waals surface area contributed by atoms with Crippen LogP contribution in [0, 0.1) is 5.92 Å². The zero-order valence-corrected chi connectivity index (χ0v) is 8.59. The molecule has 0 saturated carbocycles. The van der Waals surface area contributed by atoms with Gasteiger partial charge in [-0.3, -0.25) is 0 Å². The van der Waals surface area contributed by atoms with Crippen LogP contribution in [-0.2, 0) is 4.74 Å². The van der Waals surface area contributed by atoms with Crippen LogP contribution in [-0.4, -0.2) is 32.3 Å². The van der Waals surface area contributed by atoms with Gasteiger partial charge in [-0.15, -0.1) is 0 Å². The largest absolute Gasteiger partial charge is 0.377 e. The second-order valence-corrected chi connectivity index (χ2v) is 3.98. The Labute approximate surface area is 81.0 Å². The Bertz CT molecular complexity index is 124. The number of nitrogens with two attached hydrogens (primary N) is 1. The van der Waals surface area contributed by atoms with Crippen LogP contribution in [0.1, 0.15) is 26.2 Å². The summed E-state index contributed by atoms with van der Waals surface area (Å²) in [6.07, 6.45) is 4.02. The lowest BCUT2D eigenvalue weighted by Crippen LogP contribution is -2.30. The predicted octanol–water partition coefficient (Wildman–Crippen LogP) is 0.740. The predicted molar refractivity (Wildman–Crippen MR) is 54.7 cm³/mol. The molecule has 2 atom stereocenters. The molecule has 1 fully saturated rings. The molecule has 0 aromatic carbocycles. The lowest BCUT2D eigenvalue weighted by Gasteiger charge is -2.14. The first-order chi connectivity index (χ1) is 6.33. The van der Waals surface area contributed by atoms with E-state index < -0.39 is 0 Å². The first-order valence-electron chi connectivity index (χ1n) is 5.35. The molecule has 0 spiro atoms. The van der Waals surface area contributed by atoms with E-state index in [2.05, 4.69) is 12.2 Å². The fourth-order valence-corrected chi connectivity index (χ4v) is 1.68. The van der Waals surface area contributed by atoms with Crippen molar-refractivity contribution in [1.82, 2.24) is 5.32 Å². The van der Waals surface area contributed by atoms with Crippen LogP contribution in [0.3, 0.4) is 0 Å². The third-order valence-electron chi connectivity index (χ3n) is 2.55. The smallest absolute Gasteiger partial charge is 0.0700 e. The molecular weight excluding hydrogens is 164 g/mol. The third kappa shape index (κ3) is 4.60. The third-order valence-corrected chi connectivity index (χ3v) is 2.55. The van der Waals surface area contributed by atoms with Crippen LogP contribution < -0.4 is 11.1 Å². The standard InChI is InChI=1S/C10H22N2O/c1-9(4-5-11)7-12-8-10-3-2-6-13-10/h9-10,12H,2-8,11H2,1H3. The van der Waals surface area contributed by atoms with Crippen molar-refractivity contribution < 1.29 is 4.74 Å². The second kappa shape index (κ2) is 6.35. The monoisotopic (exact) mass is 186 g/mol. The van der Waals surface area contributed by atoms with E-state index >= 15 is 0 Å². The van der Waals surface area contributed by atoms with Crippen molar-refractivity contribution in [2.45, 2.75) is 32.3 Å². The van der Waals surface area contributed by atoms with Crippen molar-refractivity contribution >= 4 is 0 Å². The quantitative estimate of drug-likeness (QED) is 0.643. The Morgan fingerprint density at radius 1 is 1.62 bits per heavy atom. The van der Waals surface area contributed by atoms with Gasteiger partial charge in [0.2, 0.25) is 0 Å². The molecule has 0 radical (unpaired) electrons. The van der Waals surface area contributed by atoms with Gasteiger partial charge in [-0.2, -0.15) is 0 Å². The summed E-state index contributed by atoms with van der Waals surface area (Å²) in [5.41, 5.74) is 5.47. The van der Waals surface area contributed by atoms with Crippen LogP contribution in [0.2, 0.25) is 0 Å². The van der Waals surface area contributed by atoms with Gasteiger partial charge < -0.3 is 15.8 Å². The van der Waals surface area contributed by atoms with E-state index in [9.17, 15) is 0 Å². The van der Waals surface area contributed by atoms with Gasteiger partial charge in [-0.05, 0) is 38.3 Å². The summed E-state index contributed by atoms with van der Waals surface area (Å²) in [5, 5.41) is 3.43. The molecule has 1 saturated heterocycles. The summed E-state index contributed by atoms with van der Waals surface area (Å²) in [7, 11) is 0. The summed E-state index contributed by atoms with van der Waals surface area (Å²) in [6, 6.07) is 0. The molecule has 1 aliphatic heterocycles. The number of nitrogens with one attached hydrogen (secondary N) is 1. The van der Waals surface area contributed by atoms with E-state index in [1.807, 2.05) is 0 Å². The zero-order valence-electron chi connectivity index (χ0n) is 8.59. The van der Waals surface area contributed by atoms with E-state index in [1.165, 1.54) is 12.8 Å². The summed E-state index contributed by atoms with van der Waals surface area (Å²) in [4.78, 5) is 0. The van der Waals surface area contributed by atoms with Gasteiger partial charge in [0.05, 0.1) is 6.10 Å². The number of hydrogen-bond donors (Lipinski definition) is 2. The molecule has 0 bridgehead atoms. The lowest BCUT2D eigenvalue weighted by molar-refractivity contribution is 0.109. The van der Waals surface area contributed by atoms with E-state index in [-0.39, 0.29) is 0 Å². The van der Waals surface area contributed by atoms with Crippen molar-refractivity contribution in [2.75, 3.05) is 26.2 Å². The summed E-state index contributed by atoms with van der Waals surface area (Å²) < 4.78 is 5.51. The normalized spacial score (nSPS) is 24.9. The van der Waals surface area contributed by atoms with E-state index in [0.717, 1.165) is 32.7 Å². The molecule has 3 nitrogen and oxygen atoms in total. The van der Waals surface area contributed by atoms with Crippen LogP contribution in [0.5, 0.6) is 0 Å². The maximum atomic E-state index is 5.51. The molecule has 2 unspecified atom stereocenters. The lowest BCUT2D eigenvalue weighted by atomic mass is 10.1. The fourth-order valence-electron chi connectivity index (χ4n) is 1.68. The molecular formula is C10H22N2O. The molecule has 1 aliphatic rings. The van der Waals surface area contributed by atoms with Gasteiger partial charge in [0.25, 0.3) is 0 Å². The van der Waals surface area contributed by atoms with Gasteiger partial charge >= 0.3 is 0 Å². The Morgan fingerprint density at radius 3 is 3.08 bits per heavy atom. The molecule has 1 rings (SSSR count). The highest BCUT2D eigenvalue weighted by Gasteiger charge is 2.14. The van der Waals surface area contributed by atoms with Crippen LogP contribution in [0.4, 0.5) is 0 Å². The number of ether oxygens (including phenoxy) is 1. The number of rotatable bonds is 6. The van der Waals surface area contributed by atoms with Crippen molar-refractivity contribution in [3.63, 3.8) is 0 Å². The van der Waals surface area contributed by atoms with Crippen molar-refractivity contribution in [3.05, 3.63) is 0 Å². The molecule has 0 amide bonds. The van der Waals surface area contributed by atoms with Crippen LogP contribution in [0.15, 0.2) is 0 Å². The van der Waals surface area contributed by atoms with E-state index in [1.54, 1.807) is 0 Å². The van der Waals surface area contributed by atoms with Gasteiger partial charge in [-0.1, -0.05) is 6.92 Å². The second-order valence-electron chi connectivity index (χ2n) is 3.98. The highest BCUT2D eigenvalue weighted by molar-refractivity contribution is 4.68. The summed E-state index contributed by atoms with van der Waals surface area (Å²) >= 11 is 0. The molecule has 13 heavy (non-hydrogen) atoms. The Hall–Kier alpha value is -0.120. The molecule has 0 aromatic heterocycles. The average Bonchev–Trinajstić information content (AvgIpc) is 2.57. The van der Waals surface area contributed by atoms with Gasteiger partial charge in [0.15, 0.2) is 0 Å². The Morgan fingerprint density at radius 2 is 2.46 bits per heavy atom. The fraction of sp³-hybridized carbons (Fsp3) is 1.00. The molecule has 0 aromatic rings. The highest BCUT2D eigenvalue weighted by atomic mass is 16.5. The Balaban J connectivity index is 1.93. The van der Waals surface area contributed by atoms with Crippen LogP contribution in [0.25, 0.3) is 0 Å². The minimum Gasteiger partial charge on any atom is -0.377 e. The van der Waals surface area contributed by atoms with Gasteiger partial charge in [-0.25, -0.2) is 0 Å². The highest BCUT2D eigenvalue weighted by Crippen LogP contribution is 2.10. The minimum absolute atomic E-state index is 0.463. The van der Waals surface area contributed by atoms with Gasteiger partial charge in [0.1, 0.15) is 0 Å². The molecule has 1 heterocycles. The minimum atomic E-state index is 0.463. The molecule has 3 N–H and O–H groups in total. The van der Waals surface area contributed by atoms with Crippen molar-refractivity contribution in [3.8, 4) is 0 Å².